The second kappa shape index (κ2) is 6.62. The van der Waals surface area contributed by atoms with Crippen molar-refractivity contribution in [2.45, 2.75) is 25.1 Å². The van der Waals surface area contributed by atoms with Gasteiger partial charge in [-0.2, -0.15) is 18.2 Å². The molecule has 1 aliphatic heterocycles. The van der Waals surface area contributed by atoms with Gasteiger partial charge in [-0.05, 0) is 17.7 Å². The first-order chi connectivity index (χ1) is 11.1. The third kappa shape index (κ3) is 4.80. The van der Waals surface area contributed by atoms with E-state index in [0.717, 1.165) is 12.1 Å². The Labute approximate surface area is 134 Å². The molecule has 0 spiro atoms. The van der Waals surface area contributed by atoms with Gasteiger partial charge in [0.2, 0.25) is 5.96 Å². The van der Waals surface area contributed by atoms with Crippen molar-refractivity contribution in [1.82, 2.24) is 4.90 Å². The van der Waals surface area contributed by atoms with E-state index in [2.05, 4.69) is 9.98 Å². The predicted molar refractivity (Wildman–Crippen MR) is 79.5 cm³/mol. The van der Waals surface area contributed by atoms with Crippen LogP contribution in [0.2, 0.25) is 0 Å². The molecule has 5 nitrogen and oxygen atoms in total. The Balaban J connectivity index is 1.97. The fourth-order valence-corrected chi connectivity index (χ4v) is 2.13. The summed E-state index contributed by atoms with van der Waals surface area (Å²) in [6.07, 6.45) is -4.72. The minimum Gasteiger partial charge on any atom is -0.369 e. The van der Waals surface area contributed by atoms with E-state index in [4.69, 9.17) is 11.5 Å². The van der Waals surface area contributed by atoms with Crippen LogP contribution in [0.4, 0.5) is 22.0 Å². The first kappa shape index (κ1) is 18.0. The number of hydrogen-bond donors (Lipinski definition) is 2. The van der Waals surface area contributed by atoms with Crippen molar-refractivity contribution in [3.63, 3.8) is 0 Å². The number of hydrogen-bond acceptors (Lipinski definition) is 1. The summed E-state index contributed by atoms with van der Waals surface area (Å²) in [7, 11) is 0. The lowest BCUT2D eigenvalue weighted by atomic mass is 10.1. The van der Waals surface area contributed by atoms with Crippen LogP contribution >= 0.6 is 0 Å². The number of guanidine groups is 2. The minimum atomic E-state index is -4.41. The number of alkyl halides is 5. The van der Waals surface area contributed by atoms with Crippen molar-refractivity contribution in [3.8, 4) is 0 Å². The first-order valence-electron chi connectivity index (χ1n) is 7.00. The highest BCUT2D eigenvalue weighted by Crippen LogP contribution is 2.29. The number of halogens is 5. The quantitative estimate of drug-likeness (QED) is 0.488. The molecule has 1 saturated heterocycles. The lowest BCUT2D eigenvalue weighted by Crippen LogP contribution is -2.38. The van der Waals surface area contributed by atoms with Crippen LogP contribution in [-0.4, -0.2) is 35.8 Å². The van der Waals surface area contributed by atoms with Gasteiger partial charge in [-0.3, -0.25) is 0 Å². The number of nitrogens with two attached hydrogens (primary N) is 2. The van der Waals surface area contributed by atoms with E-state index in [9.17, 15) is 22.0 Å². The zero-order chi connectivity index (χ0) is 18.0. The van der Waals surface area contributed by atoms with E-state index >= 15 is 0 Å². The van der Waals surface area contributed by atoms with E-state index in [1.54, 1.807) is 0 Å². The highest BCUT2D eigenvalue weighted by molar-refractivity contribution is 5.93. The van der Waals surface area contributed by atoms with E-state index in [0.29, 0.717) is 5.56 Å². The van der Waals surface area contributed by atoms with Crippen molar-refractivity contribution in [1.29, 1.82) is 0 Å². The van der Waals surface area contributed by atoms with Gasteiger partial charge in [0.15, 0.2) is 5.96 Å². The fraction of sp³-hybridized carbons (Fsp3) is 0.429. The molecule has 1 heterocycles. The fourth-order valence-electron chi connectivity index (χ4n) is 2.13. The van der Waals surface area contributed by atoms with E-state index < -0.39 is 24.2 Å². The molecule has 0 unspecified atom stereocenters. The summed E-state index contributed by atoms with van der Waals surface area (Å²) in [5, 5.41) is 0. The molecule has 1 fully saturated rings. The second-order valence-corrected chi connectivity index (χ2v) is 5.37. The summed E-state index contributed by atoms with van der Waals surface area (Å²) in [6.45, 7) is -0.472. The van der Waals surface area contributed by atoms with Crippen molar-refractivity contribution in [3.05, 3.63) is 35.4 Å². The van der Waals surface area contributed by atoms with Crippen LogP contribution < -0.4 is 11.5 Å². The Morgan fingerprint density at radius 3 is 2.29 bits per heavy atom. The number of benzene rings is 1. The van der Waals surface area contributed by atoms with Gasteiger partial charge in [0.25, 0.3) is 5.92 Å². The molecule has 0 atom stereocenters. The molecule has 0 aliphatic carbocycles. The average molecular weight is 349 g/mol. The van der Waals surface area contributed by atoms with Crippen molar-refractivity contribution in [2.75, 3.05) is 13.1 Å². The number of rotatable bonds is 2. The highest BCUT2D eigenvalue weighted by Gasteiger charge is 2.39. The maximum atomic E-state index is 13.1. The molecule has 24 heavy (non-hydrogen) atoms. The Kier molecular flexibility index (Phi) is 4.95. The van der Waals surface area contributed by atoms with Gasteiger partial charge in [0, 0.05) is 13.0 Å². The third-order valence-electron chi connectivity index (χ3n) is 3.43. The second-order valence-electron chi connectivity index (χ2n) is 5.37. The lowest BCUT2D eigenvalue weighted by molar-refractivity contribution is -0.137. The molecule has 2 rings (SSSR count). The number of nitrogens with zero attached hydrogens (tertiary/aromatic N) is 3. The normalized spacial score (nSPS) is 19.0. The molecular formula is C14H16F5N5. The molecule has 0 radical (unpaired) electrons. The zero-order valence-corrected chi connectivity index (χ0v) is 12.5. The maximum absolute atomic E-state index is 13.1. The van der Waals surface area contributed by atoms with Gasteiger partial charge in [0.05, 0.1) is 18.7 Å². The summed E-state index contributed by atoms with van der Waals surface area (Å²) in [5.74, 6) is -3.21. The van der Waals surface area contributed by atoms with Crippen LogP contribution in [0.3, 0.4) is 0 Å². The molecule has 0 aromatic heterocycles. The van der Waals surface area contributed by atoms with Gasteiger partial charge in [-0.1, -0.05) is 12.1 Å². The first-order valence-corrected chi connectivity index (χ1v) is 7.00. The van der Waals surface area contributed by atoms with Crippen LogP contribution in [0.15, 0.2) is 34.3 Å². The molecule has 10 heteroatoms. The summed E-state index contributed by atoms with van der Waals surface area (Å²) in [6, 6.07) is 4.41. The zero-order valence-electron chi connectivity index (χ0n) is 12.5. The van der Waals surface area contributed by atoms with Gasteiger partial charge < -0.3 is 16.4 Å². The van der Waals surface area contributed by atoms with Crippen LogP contribution in [0.25, 0.3) is 0 Å². The predicted octanol–water partition coefficient (Wildman–Crippen LogP) is 2.18. The molecule has 1 aromatic carbocycles. The summed E-state index contributed by atoms with van der Waals surface area (Å²) in [4.78, 5) is 8.79. The van der Waals surface area contributed by atoms with Crippen molar-refractivity contribution < 1.29 is 22.0 Å². The minimum absolute atomic E-state index is 0.00307. The van der Waals surface area contributed by atoms with Crippen LogP contribution in [0.5, 0.6) is 0 Å². The summed E-state index contributed by atoms with van der Waals surface area (Å²) < 4.78 is 63.5. The molecule has 132 valence electrons. The standard InChI is InChI=1S/C14H16F5N5/c15-13(16)5-6-24(8-13)12(21)23-11(20)22-7-9-1-3-10(4-2-9)14(17,18)19/h1-4H,5-8H2,(H4,20,21,22,23). The molecule has 0 bridgehead atoms. The molecule has 4 N–H and O–H groups in total. The maximum Gasteiger partial charge on any atom is 0.416 e. The molecule has 0 saturated carbocycles. The molecule has 1 aromatic rings. The number of likely N-dealkylation sites (tertiary alicyclic amines) is 1. The molecule has 1 aliphatic rings. The van der Waals surface area contributed by atoms with Gasteiger partial charge in [0.1, 0.15) is 0 Å². The molecule has 0 amide bonds. The molecular weight excluding hydrogens is 333 g/mol. The number of aliphatic imine (C=N–C) groups is 2. The van der Waals surface area contributed by atoms with Gasteiger partial charge >= 0.3 is 6.18 Å². The monoisotopic (exact) mass is 349 g/mol. The third-order valence-corrected chi connectivity index (χ3v) is 3.43. The average Bonchev–Trinajstić information content (AvgIpc) is 2.85. The van der Waals surface area contributed by atoms with Gasteiger partial charge in [-0.15, -0.1) is 0 Å². The summed E-state index contributed by atoms with van der Waals surface area (Å²) >= 11 is 0. The topological polar surface area (TPSA) is 80.0 Å². The van der Waals surface area contributed by atoms with Crippen LogP contribution in [0, 0.1) is 0 Å². The van der Waals surface area contributed by atoms with Crippen molar-refractivity contribution >= 4 is 11.9 Å². The van der Waals surface area contributed by atoms with Crippen LogP contribution in [0.1, 0.15) is 17.5 Å². The van der Waals surface area contributed by atoms with E-state index in [1.165, 1.54) is 17.0 Å². The Hall–Kier alpha value is -2.39. The van der Waals surface area contributed by atoms with E-state index in [1.807, 2.05) is 0 Å². The van der Waals surface area contributed by atoms with Crippen molar-refractivity contribution in [2.24, 2.45) is 21.5 Å². The van der Waals surface area contributed by atoms with E-state index in [-0.39, 0.29) is 31.4 Å². The highest BCUT2D eigenvalue weighted by atomic mass is 19.4. The Bertz CT molecular complexity index is 636. The lowest BCUT2D eigenvalue weighted by Gasteiger charge is -2.16. The largest absolute Gasteiger partial charge is 0.416 e. The Morgan fingerprint density at radius 1 is 1.17 bits per heavy atom. The Morgan fingerprint density at radius 2 is 1.79 bits per heavy atom. The SMILES string of the molecule is NC(=NCc1ccc(C(F)(F)F)cc1)N=C(N)N1CCC(F)(F)C1. The smallest absolute Gasteiger partial charge is 0.369 e. The van der Waals surface area contributed by atoms with Gasteiger partial charge in [-0.25, -0.2) is 13.8 Å². The summed E-state index contributed by atoms with van der Waals surface area (Å²) in [5.41, 5.74) is 10.9. The van der Waals surface area contributed by atoms with Crippen LogP contribution in [-0.2, 0) is 12.7 Å².